The summed E-state index contributed by atoms with van der Waals surface area (Å²) >= 11 is 12.7. The third kappa shape index (κ3) is 3.72. The molecular weight excluding hydrogens is 451 g/mol. The number of carbonyl (C=O) groups excluding carboxylic acids is 1. The minimum absolute atomic E-state index is 0.0251. The number of halogens is 2. The van der Waals surface area contributed by atoms with Crippen LogP contribution in [-0.4, -0.2) is 39.5 Å². The maximum atomic E-state index is 13.6. The molecule has 2 aliphatic heterocycles. The number of hydrogen-bond acceptors (Lipinski definition) is 6. The maximum absolute atomic E-state index is 13.6. The first-order chi connectivity index (χ1) is 15.3. The molecule has 2 aromatic heterocycles. The summed E-state index contributed by atoms with van der Waals surface area (Å²) in [7, 11) is 0. The molecule has 0 unspecified atom stereocenters. The first-order valence-corrected chi connectivity index (χ1v) is 11.5. The molecular formula is C23H24Cl2N4O3. The van der Waals surface area contributed by atoms with Crippen molar-refractivity contribution in [2.24, 2.45) is 0 Å². The van der Waals surface area contributed by atoms with Crippen LogP contribution in [0.3, 0.4) is 0 Å². The van der Waals surface area contributed by atoms with Gasteiger partial charge in [-0.05, 0) is 62.3 Å². The van der Waals surface area contributed by atoms with E-state index in [1.165, 1.54) is 0 Å². The van der Waals surface area contributed by atoms with E-state index in [1.54, 1.807) is 18.5 Å². The van der Waals surface area contributed by atoms with Gasteiger partial charge in [-0.15, -0.1) is 0 Å². The van der Waals surface area contributed by atoms with Gasteiger partial charge in [0.15, 0.2) is 5.58 Å². The number of anilines is 1. The molecule has 1 saturated heterocycles. The molecule has 2 aliphatic rings. The van der Waals surface area contributed by atoms with Crippen LogP contribution in [0, 0.1) is 0 Å². The average Bonchev–Trinajstić information content (AvgIpc) is 3.12. The van der Waals surface area contributed by atoms with Crippen LogP contribution in [0.25, 0.3) is 11.1 Å². The van der Waals surface area contributed by atoms with Crippen LogP contribution in [0.15, 0.2) is 28.9 Å². The number of oxazole rings is 1. The van der Waals surface area contributed by atoms with E-state index in [1.807, 2.05) is 24.8 Å². The molecule has 1 aromatic carbocycles. The van der Waals surface area contributed by atoms with Crippen molar-refractivity contribution in [3.05, 3.63) is 51.3 Å². The van der Waals surface area contributed by atoms with Gasteiger partial charge in [-0.25, -0.2) is 0 Å². The molecule has 9 heteroatoms. The monoisotopic (exact) mass is 474 g/mol. The molecule has 0 saturated carbocycles. The third-order valence-electron chi connectivity index (χ3n) is 6.54. The van der Waals surface area contributed by atoms with Gasteiger partial charge in [-0.2, -0.15) is 4.98 Å². The van der Waals surface area contributed by atoms with Gasteiger partial charge >= 0.3 is 0 Å². The summed E-state index contributed by atoms with van der Waals surface area (Å²) in [5.74, 6) is 0.0222. The van der Waals surface area contributed by atoms with Gasteiger partial charge in [0.05, 0.1) is 18.3 Å². The number of amides is 1. The summed E-state index contributed by atoms with van der Waals surface area (Å²) < 4.78 is 11.8. The van der Waals surface area contributed by atoms with Crippen LogP contribution < -0.4 is 5.73 Å². The normalized spacial score (nSPS) is 25.7. The molecule has 32 heavy (non-hydrogen) atoms. The third-order valence-corrected chi connectivity index (χ3v) is 7.07. The lowest BCUT2D eigenvalue weighted by Crippen LogP contribution is -2.48. The highest BCUT2D eigenvalue weighted by atomic mass is 35.5. The number of nitrogens with zero attached hydrogens (tertiary/aromatic N) is 3. The smallest absolute Gasteiger partial charge is 0.293 e. The molecule has 0 bridgehead atoms. The average molecular weight is 475 g/mol. The molecule has 4 atom stereocenters. The topological polar surface area (TPSA) is 94.5 Å². The van der Waals surface area contributed by atoms with E-state index >= 15 is 0 Å². The SMILES string of the molecule is C[C@H]1C[C@@H](c2cncc3nc(N)oc23)C[C@H](C(=O)N2CCc3cc(Cl)cc(Cl)c3[C@@H]2C)O1. The number of rotatable bonds is 2. The second-order valence-electron chi connectivity index (χ2n) is 8.65. The van der Waals surface area contributed by atoms with Crippen molar-refractivity contribution in [1.29, 1.82) is 0 Å². The van der Waals surface area contributed by atoms with Gasteiger partial charge < -0.3 is 19.8 Å². The van der Waals surface area contributed by atoms with Crippen molar-refractivity contribution in [3.8, 4) is 0 Å². The molecule has 0 spiro atoms. The summed E-state index contributed by atoms with van der Waals surface area (Å²) in [6.45, 7) is 4.59. The largest absolute Gasteiger partial charge is 0.423 e. The molecule has 5 rings (SSSR count). The zero-order chi connectivity index (χ0) is 22.6. The van der Waals surface area contributed by atoms with Crippen molar-refractivity contribution in [1.82, 2.24) is 14.9 Å². The van der Waals surface area contributed by atoms with Gasteiger partial charge in [-0.1, -0.05) is 23.2 Å². The molecule has 1 amide bonds. The standard InChI is InChI=1S/C23H24Cl2N4O3/c1-11-5-14(16-9-27-10-18-21(16)32-23(26)28-18)7-19(31-11)22(30)29-4-3-13-6-15(24)8-17(25)20(13)12(29)2/h6,8-12,14,19H,3-5,7H2,1-2H3,(H2,26,28)/t11-,12-,14+,19+/m0/s1. The first-order valence-electron chi connectivity index (χ1n) is 10.8. The number of nitrogen functional groups attached to an aromatic ring is 1. The Hall–Kier alpha value is -2.35. The summed E-state index contributed by atoms with van der Waals surface area (Å²) in [6.07, 6.45) is 4.76. The zero-order valence-electron chi connectivity index (χ0n) is 17.8. The highest BCUT2D eigenvalue weighted by Gasteiger charge is 2.39. The quantitative estimate of drug-likeness (QED) is 0.566. The Bertz CT molecular complexity index is 1200. The number of carbonyl (C=O) groups is 1. The minimum Gasteiger partial charge on any atom is -0.423 e. The molecule has 168 valence electrons. The highest BCUT2D eigenvalue weighted by Crippen LogP contribution is 2.40. The van der Waals surface area contributed by atoms with Crippen LogP contribution in [0.4, 0.5) is 6.01 Å². The molecule has 4 heterocycles. The summed E-state index contributed by atoms with van der Waals surface area (Å²) in [6, 6.07) is 3.63. The van der Waals surface area contributed by atoms with E-state index in [0.717, 1.165) is 23.1 Å². The predicted molar refractivity (Wildman–Crippen MR) is 123 cm³/mol. The maximum Gasteiger partial charge on any atom is 0.293 e. The van der Waals surface area contributed by atoms with Crippen LogP contribution in [0.5, 0.6) is 0 Å². The lowest BCUT2D eigenvalue weighted by Gasteiger charge is -2.40. The second kappa shape index (κ2) is 8.21. The van der Waals surface area contributed by atoms with E-state index in [0.29, 0.717) is 40.5 Å². The van der Waals surface area contributed by atoms with Crippen LogP contribution in [-0.2, 0) is 16.0 Å². The Balaban J connectivity index is 1.41. The summed E-state index contributed by atoms with van der Waals surface area (Å²) in [4.78, 5) is 24.0. The first kappa shape index (κ1) is 21.5. The predicted octanol–water partition coefficient (Wildman–Crippen LogP) is 4.91. The van der Waals surface area contributed by atoms with Crippen molar-refractivity contribution >= 4 is 46.2 Å². The van der Waals surface area contributed by atoms with Gasteiger partial charge in [0.25, 0.3) is 11.9 Å². The molecule has 1 fully saturated rings. The van der Waals surface area contributed by atoms with Gasteiger partial charge in [0.1, 0.15) is 11.6 Å². The van der Waals surface area contributed by atoms with E-state index in [9.17, 15) is 4.79 Å². The number of aromatic nitrogens is 2. The summed E-state index contributed by atoms with van der Waals surface area (Å²) in [5, 5.41) is 1.21. The molecule has 3 aromatic rings. The van der Waals surface area contributed by atoms with Gasteiger partial charge in [0.2, 0.25) is 0 Å². The zero-order valence-corrected chi connectivity index (χ0v) is 19.4. The lowest BCUT2D eigenvalue weighted by atomic mass is 9.85. The van der Waals surface area contributed by atoms with E-state index in [2.05, 4.69) is 9.97 Å². The number of fused-ring (bicyclic) bond motifs is 2. The van der Waals surface area contributed by atoms with E-state index in [4.69, 9.17) is 38.1 Å². The minimum atomic E-state index is -0.561. The van der Waals surface area contributed by atoms with Crippen molar-refractivity contribution in [3.63, 3.8) is 0 Å². The van der Waals surface area contributed by atoms with E-state index in [-0.39, 0.29) is 30.0 Å². The fraction of sp³-hybridized carbons (Fsp3) is 0.435. The van der Waals surface area contributed by atoms with Crippen LogP contribution in [0.1, 0.15) is 55.3 Å². The van der Waals surface area contributed by atoms with E-state index < -0.39 is 6.10 Å². The lowest BCUT2D eigenvalue weighted by molar-refractivity contribution is -0.155. The fourth-order valence-corrected chi connectivity index (χ4v) is 5.82. The van der Waals surface area contributed by atoms with Gasteiger partial charge in [0, 0.05) is 28.4 Å². The fourth-order valence-electron chi connectivity index (χ4n) is 5.13. The Morgan fingerprint density at radius 3 is 2.84 bits per heavy atom. The number of ether oxygens (including phenoxy) is 1. The Morgan fingerprint density at radius 2 is 2.03 bits per heavy atom. The Labute approximate surface area is 195 Å². The van der Waals surface area contributed by atoms with Crippen molar-refractivity contribution in [2.75, 3.05) is 12.3 Å². The molecule has 0 radical (unpaired) electrons. The highest BCUT2D eigenvalue weighted by molar-refractivity contribution is 6.35. The van der Waals surface area contributed by atoms with Crippen molar-refractivity contribution in [2.45, 2.75) is 57.3 Å². The number of nitrogens with two attached hydrogens (primary N) is 1. The number of pyridine rings is 1. The number of hydrogen-bond donors (Lipinski definition) is 1. The Morgan fingerprint density at radius 1 is 1.22 bits per heavy atom. The summed E-state index contributed by atoms with van der Waals surface area (Å²) in [5.41, 5.74) is 9.97. The number of benzene rings is 1. The van der Waals surface area contributed by atoms with Crippen LogP contribution in [0.2, 0.25) is 10.0 Å². The second-order valence-corrected chi connectivity index (χ2v) is 9.49. The molecule has 7 nitrogen and oxygen atoms in total. The molecule has 2 N–H and O–H groups in total. The van der Waals surface area contributed by atoms with Crippen molar-refractivity contribution < 1.29 is 13.9 Å². The molecule has 0 aliphatic carbocycles. The van der Waals surface area contributed by atoms with Gasteiger partial charge in [-0.3, -0.25) is 9.78 Å². The Kier molecular flexibility index (Phi) is 5.51. The van der Waals surface area contributed by atoms with Crippen LogP contribution >= 0.6 is 23.2 Å².